The molecule has 0 aromatic carbocycles. The topological polar surface area (TPSA) is 77.0 Å². The number of nitrogens with zero attached hydrogens (tertiary/aromatic N) is 2. The minimum Gasteiger partial charge on any atom is -0.406 e. The Bertz CT molecular complexity index is 330. The second-order valence-corrected chi connectivity index (χ2v) is 4.71. The summed E-state index contributed by atoms with van der Waals surface area (Å²) in [6.07, 6.45) is 5.27. The molecule has 1 aliphatic carbocycles. The second kappa shape index (κ2) is 4.82. The van der Waals surface area contributed by atoms with Gasteiger partial charge in [-0.05, 0) is 32.6 Å². The van der Waals surface area contributed by atoms with Crippen LogP contribution in [0.4, 0.5) is 6.01 Å². The van der Waals surface area contributed by atoms with Crippen molar-refractivity contribution in [2.45, 2.75) is 51.6 Å². The van der Waals surface area contributed by atoms with E-state index in [2.05, 4.69) is 22.4 Å². The molecule has 1 heterocycles. The maximum absolute atomic E-state index is 5.66. The van der Waals surface area contributed by atoms with Gasteiger partial charge in [0.05, 0.1) is 6.04 Å². The van der Waals surface area contributed by atoms with E-state index in [1.54, 1.807) is 0 Å². The normalized spacial score (nSPS) is 20.9. The molecule has 0 aliphatic heterocycles. The predicted octanol–water partition coefficient (Wildman–Crippen LogP) is 2.08. The first-order chi connectivity index (χ1) is 7.66. The highest BCUT2D eigenvalue weighted by Gasteiger charge is 2.22. The highest BCUT2D eigenvalue weighted by molar-refractivity contribution is 5.20. The number of nitrogens with two attached hydrogens (primary N) is 1. The quantitative estimate of drug-likeness (QED) is 0.818. The Kier molecular flexibility index (Phi) is 3.43. The number of hydrogen-bond acceptors (Lipinski definition) is 5. The van der Waals surface area contributed by atoms with Gasteiger partial charge in [-0.3, -0.25) is 0 Å². The Balaban J connectivity index is 1.92. The van der Waals surface area contributed by atoms with Crippen molar-refractivity contribution in [2.75, 3.05) is 5.32 Å². The number of hydrogen-bond donors (Lipinski definition) is 2. The summed E-state index contributed by atoms with van der Waals surface area (Å²) >= 11 is 0. The van der Waals surface area contributed by atoms with E-state index < -0.39 is 0 Å². The highest BCUT2D eigenvalue weighted by Crippen LogP contribution is 2.29. The van der Waals surface area contributed by atoms with Gasteiger partial charge in [0.1, 0.15) is 0 Å². The van der Waals surface area contributed by atoms with Crippen molar-refractivity contribution < 1.29 is 4.42 Å². The number of rotatable bonds is 4. The van der Waals surface area contributed by atoms with E-state index in [1.807, 2.05) is 6.92 Å². The summed E-state index contributed by atoms with van der Waals surface area (Å²) in [6.45, 7) is 4.00. The highest BCUT2D eigenvalue weighted by atomic mass is 16.4. The second-order valence-electron chi connectivity index (χ2n) is 4.71. The average Bonchev–Trinajstić information content (AvgIpc) is 2.87. The fourth-order valence-electron chi connectivity index (χ4n) is 2.25. The van der Waals surface area contributed by atoms with Gasteiger partial charge in [0.2, 0.25) is 5.89 Å². The standard InChI is InChI=1S/C11H20N4O/c1-7(12)10-14-15-11(16-10)13-8(2)9-5-3-4-6-9/h7-9H,3-6,12H2,1-2H3,(H,13,15). The van der Waals surface area contributed by atoms with Crippen LogP contribution in [0.5, 0.6) is 0 Å². The number of aromatic nitrogens is 2. The third-order valence-electron chi connectivity index (χ3n) is 3.29. The molecule has 0 bridgehead atoms. The van der Waals surface area contributed by atoms with Crippen molar-refractivity contribution in [2.24, 2.45) is 11.7 Å². The third-order valence-corrected chi connectivity index (χ3v) is 3.29. The third kappa shape index (κ3) is 2.52. The lowest BCUT2D eigenvalue weighted by atomic mass is 10.0. The van der Waals surface area contributed by atoms with Crippen LogP contribution in [0.2, 0.25) is 0 Å². The zero-order valence-electron chi connectivity index (χ0n) is 9.94. The van der Waals surface area contributed by atoms with E-state index in [4.69, 9.17) is 10.2 Å². The predicted molar refractivity (Wildman–Crippen MR) is 61.9 cm³/mol. The van der Waals surface area contributed by atoms with Gasteiger partial charge in [-0.2, -0.15) is 0 Å². The van der Waals surface area contributed by atoms with Crippen LogP contribution in [0, 0.1) is 5.92 Å². The molecule has 90 valence electrons. The van der Waals surface area contributed by atoms with Gasteiger partial charge in [0.15, 0.2) is 0 Å². The van der Waals surface area contributed by atoms with Gasteiger partial charge in [0, 0.05) is 6.04 Å². The Morgan fingerprint density at radius 1 is 1.31 bits per heavy atom. The molecule has 2 atom stereocenters. The Hall–Kier alpha value is -1.10. The first kappa shape index (κ1) is 11.4. The summed E-state index contributed by atoms with van der Waals surface area (Å²) in [4.78, 5) is 0. The molecule has 2 rings (SSSR count). The van der Waals surface area contributed by atoms with Gasteiger partial charge < -0.3 is 15.5 Å². The van der Waals surface area contributed by atoms with Crippen LogP contribution in [0.3, 0.4) is 0 Å². The van der Waals surface area contributed by atoms with Crippen LogP contribution >= 0.6 is 0 Å². The lowest BCUT2D eigenvalue weighted by molar-refractivity contribution is 0.441. The molecule has 1 aliphatic rings. The summed E-state index contributed by atoms with van der Waals surface area (Å²) in [6, 6.07) is 0.681. The van der Waals surface area contributed by atoms with Crippen molar-refractivity contribution >= 4 is 6.01 Å². The summed E-state index contributed by atoms with van der Waals surface area (Å²) < 4.78 is 5.42. The van der Waals surface area contributed by atoms with Gasteiger partial charge >= 0.3 is 6.01 Å². The SMILES string of the molecule is CC(N)c1nnc(NC(C)C2CCCC2)o1. The molecule has 0 amide bonds. The molecule has 0 spiro atoms. The molecule has 3 N–H and O–H groups in total. The van der Waals surface area contributed by atoms with E-state index in [0.29, 0.717) is 17.9 Å². The monoisotopic (exact) mass is 224 g/mol. The zero-order chi connectivity index (χ0) is 11.5. The van der Waals surface area contributed by atoms with Crippen LogP contribution in [0.15, 0.2) is 4.42 Å². The smallest absolute Gasteiger partial charge is 0.315 e. The molecule has 1 aromatic heterocycles. The largest absolute Gasteiger partial charge is 0.406 e. The molecule has 0 saturated heterocycles. The van der Waals surface area contributed by atoms with Crippen molar-refractivity contribution in [1.82, 2.24) is 10.2 Å². The molecule has 5 nitrogen and oxygen atoms in total. The first-order valence-electron chi connectivity index (χ1n) is 6.02. The fourth-order valence-corrected chi connectivity index (χ4v) is 2.25. The van der Waals surface area contributed by atoms with Crippen molar-refractivity contribution in [3.63, 3.8) is 0 Å². The molecule has 16 heavy (non-hydrogen) atoms. The van der Waals surface area contributed by atoms with Crippen LogP contribution in [-0.4, -0.2) is 16.2 Å². The van der Waals surface area contributed by atoms with Gasteiger partial charge in [-0.1, -0.05) is 17.9 Å². The van der Waals surface area contributed by atoms with E-state index >= 15 is 0 Å². The van der Waals surface area contributed by atoms with Crippen molar-refractivity contribution in [1.29, 1.82) is 0 Å². The van der Waals surface area contributed by atoms with E-state index in [9.17, 15) is 0 Å². The molecule has 1 aromatic rings. The summed E-state index contributed by atoms with van der Waals surface area (Å²) in [5, 5.41) is 11.1. The van der Waals surface area contributed by atoms with E-state index in [-0.39, 0.29) is 6.04 Å². The Morgan fingerprint density at radius 3 is 2.56 bits per heavy atom. The van der Waals surface area contributed by atoms with Crippen LogP contribution in [-0.2, 0) is 0 Å². The van der Waals surface area contributed by atoms with Crippen LogP contribution < -0.4 is 11.1 Å². The molecular weight excluding hydrogens is 204 g/mol. The van der Waals surface area contributed by atoms with Gasteiger partial charge in [-0.25, -0.2) is 0 Å². The van der Waals surface area contributed by atoms with Gasteiger partial charge in [-0.15, -0.1) is 5.10 Å². The summed E-state index contributed by atoms with van der Waals surface area (Å²) in [5.41, 5.74) is 5.66. The first-order valence-corrected chi connectivity index (χ1v) is 6.02. The minimum absolute atomic E-state index is 0.204. The Morgan fingerprint density at radius 2 is 2.00 bits per heavy atom. The molecule has 0 radical (unpaired) electrons. The molecule has 2 unspecified atom stereocenters. The number of anilines is 1. The van der Waals surface area contributed by atoms with Crippen LogP contribution in [0.1, 0.15) is 51.5 Å². The zero-order valence-corrected chi connectivity index (χ0v) is 9.94. The Labute approximate surface area is 95.8 Å². The van der Waals surface area contributed by atoms with Crippen molar-refractivity contribution in [3.05, 3.63) is 5.89 Å². The minimum atomic E-state index is -0.204. The fraction of sp³-hybridized carbons (Fsp3) is 0.818. The molecule has 1 saturated carbocycles. The van der Waals surface area contributed by atoms with Crippen molar-refractivity contribution in [3.8, 4) is 0 Å². The lowest BCUT2D eigenvalue weighted by Gasteiger charge is -2.18. The van der Waals surface area contributed by atoms with Gasteiger partial charge in [0.25, 0.3) is 0 Å². The molecular formula is C11H20N4O. The summed E-state index contributed by atoms with van der Waals surface area (Å²) in [7, 11) is 0. The van der Waals surface area contributed by atoms with Crippen LogP contribution in [0.25, 0.3) is 0 Å². The maximum atomic E-state index is 5.66. The lowest BCUT2D eigenvalue weighted by Crippen LogP contribution is -2.23. The maximum Gasteiger partial charge on any atom is 0.315 e. The number of nitrogens with one attached hydrogen (secondary N) is 1. The molecule has 5 heteroatoms. The van der Waals surface area contributed by atoms with E-state index in [0.717, 1.165) is 5.92 Å². The average molecular weight is 224 g/mol. The molecule has 1 fully saturated rings. The van der Waals surface area contributed by atoms with E-state index in [1.165, 1.54) is 25.7 Å². The summed E-state index contributed by atoms with van der Waals surface area (Å²) in [5.74, 6) is 1.21.